The van der Waals surface area contributed by atoms with E-state index in [1.807, 2.05) is 18.8 Å². The minimum Gasteiger partial charge on any atom is -0.393 e. The van der Waals surface area contributed by atoms with Crippen molar-refractivity contribution in [1.82, 2.24) is 0 Å². The Morgan fingerprint density at radius 3 is 2.27 bits per heavy atom. The SMILES string of the molecule is CP1(=O)[C@@H]2C=C[C@H]1CC(O)C2. The van der Waals surface area contributed by atoms with Crippen molar-refractivity contribution >= 4 is 7.14 Å². The number of hydrogen-bond donors (Lipinski definition) is 1. The number of hydrogen-bond acceptors (Lipinski definition) is 2. The molecule has 1 saturated heterocycles. The lowest BCUT2D eigenvalue weighted by atomic mass is 10.1. The van der Waals surface area contributed by atoms with Crippen molar-refractivity contribution in [2.75, 3.05) is 6.66 Å². The van der Waals surface area contributed by atoms with Crippen LogP contribution in [0.3, 0.4) is 0 Å². The molecule has 2 aliphatic rings. The average molecular weight is 172 g/mol. The van der Waals surface area contributed by atoms with Crippen LogP contribution in [-0.4, -0.2) is 29.2 Å². The molecule has 0 aromatic rings. The quantitative estimate of drug-likeness (QED) is 0.443. The van der Waals surface area contributed by atoms with Crippen LogP contribution in [0.5, 0.6) is 0 Å². The van der Waals surface area contributed by atoms with Gasteiger partial charge in [-0.3, -0.25) is 0 Å². The minimum absolute atomic E-state index is 0.177. The highest BCUT2D eigenvalue weighted by Crippen LogP contribution is 2.62. The summed E-state index contributed by atoms with van der Waals surface area (Å²) in [6, 6.07) is 0. The van der Waals surface area contributed by atoms with Gasteiger partial charge in [0.2, 0.25) is 0 Å². The fourth-order valence-corrected chi connectivity index (χ4v) is 4.77. The third kappa shape index (κ3) is 1.00. The maximum absolute atomic E-state index is 11.9. The van der Waals surface area contributed by atoms with Crippen molar-refractivity contribution < 1.29 is 9.67 Å². The molecule has 0 aromatic heterocycles. The zero-order valence-corrected chi connectivity index (χ0v) is 7.50. The van der Waals surface area contributed by atoms with Crippen molar-refractivity contribution in [3.63, 3.8) is 0 Å². The maximum Gasteiger partial charge on any atom is 0.0980 e. The molecule has 2 bridgehead atoms. The Labute approximate surface area is 66.7 Å². The Kier molecular flexibility index (Phi) is 1.52. The minimum atomic E-state index is -1.97. The Bertz CT molecular complexity index is 226. The number of rotatable bonds is 0. The highest BCUT2D eigenvalue weighted by molar-refractivity contribution is 7.65. The Hall–Kier alpha value is -0.0700. The molecule has 0 radical (unpaired) electrons. The first-order chi connectivity index (χ1) is 5.10. The predicted molar refractivity (Wildman–Crippen MR) is 45.5 cm³/mol. The number of aliphatic hydroxyl groups is 1. The first-order valence-electron chi connectivity index (χ1n) is 4.04. The van der Waals surface area contributed by atoms with Crippen LogP contribution in [0.4, 0.5) is 0 Å². The summed E-state index contributed by atoms with van der Waals surface area (Å²) >= 11 is 0. The fourth-order valence-electron chi connectivity index (χ4n) is 2.07. The molecular weight excluding hydrogens is 159 g/mol. The summed E-state index contributed by atoms with van der Waals surface area (Å²) < 4.78 is 11.9. The van der Waals surface area contributed by atoms with E-state index < -0.39 is 7.14 Å². The van der Waals surface area contributed by atoms with Crippen LogP contribution >= 0.6 is 7.14 Å². The van der Waals surface area contributed by atoms with Gasteiger partial charge < -0.3 is 9.67 Å². The first kappa shape index (κ1) is 7.57. The van der Waals surface area contributed by atoms with Crippen molar-refractivity contribution in [1.29, 1.82) is 0 Å². The summed E-state index contributed by atoms with van der Waals surface area (Å²) in [5.41, 5.74) is 0.354. The van der Waals surface area contributed by atoms with Gasteiger partial charge in [0.25, 0.3) is 0 Å². The highest BCUT2D eigenvalue weighted by Gasteiger charge is 2.43. The Morgan fingerprint density at radius 2 is 1.82 bits per heavy atom. The molecule has 4 atom stereocenters. The molecule has 0 aliphatic carbocycles. The van der Waals surface area contributed by atoms with E-state index in [1.165, 1.54) is 0 Å². The lowest BCUT2D eigenvalue weighted by Crippen LogP contribution is -2.26. The molecule has 2 heterocycles. The topological polar surface area (TPSA) is 37.3 Å². The molecule has 0 aromatic carbocycles. The molecule has 0 spiro atoms. The number of fused-ring (bicyclic) bond motifs is 2. The summed E-state index contributed by atoms with van der Waals surface area (Å²) in [6.07, 6.45) is 5.26. The standard InChI is InChI=1S/C8H13O2P/c1-11(10)7-2-3-8(11)5-6(9)4-7/h2-3,6-9H,4-5H2,1H3/t6?,7-,8+,11?. The summed E-state index contributed by atoms with van der Waals surface area (Å²) in [7, 11) is -1.97. The van der Waals surface area contributed by atoms with Gasteiger partial charge in [0.1, 0.15) is 0 Å². The summed E-state index contributed by atoms with van der Waals surface area (Å²) in [5, 5.41) is 9.36. The van der Waals surface area contributed by atoms with Crippen molar-refractivity contribution in [2.24, 2.45) is 0 Å². The van der Waals surface area contributed by atoms with Gasteiger partial charge in [0.05, 0.1) is 13.2 Å². The van der Waals surface area contributed by atoms with Gasteiger partial charge in [-0.15, -0.1) is 0 Å². The zero-order chi connectivity index (χ0) is 8.06. The fraction of sp³-hybridized carbons (Fsp3) is 0.750. The van der Waals surface area contributed by atoms with Gasteiger partial charge in [-0.05, 0) is 19.5 Å². The van der Waals surface area contributed by atoms with E-state index in [4.69, 9.17) is 0 Å². The molecule has 2 unspecified atom stereocenters. The monoisotopic (exact) mass is 172 g/mol. The van der Waals surface area contributed by atoms with Crippen LogP contribution < -0.4 is 0 Å². The third-order valence-corrected chi connectivity index (χ3v) is 6.30. The summed E-state index contributed by atoms with van der Waals surface area (Å²) in [6.45, 7) is 1.87. The zero-order valence-electron chi connectivity index (χ0n) is 6.60. The van der Waals surface area contributed by atoms with E-state index in [-0.39, 0.29) is 17.4 Å². The van der Waals surface area contributed by atoms with Gasteiger partial charge in [0.15, 0.2) is 0 Å². The molecule has 11 heavy (non-hydrogen) atoms. The second-order valence-corrected chi connectivity index (χ2v) is 7.15. The van der Waals surface area contributed by atoms with Gasteiger partial charge in [-0.1, -0.05) is 12.2 Å². The van der Waals surface area contributed by atoms with Gasteiger partial charge in [0, 0.05) is 11.3 Å². The number of aliphatic hydroxyl groups excluding tert-OH is 1. The third-order valence-electron chi connectivity index (χ3n) is 2.90. The average Bonchev–Trinajstić information content (AvgIpc) is 2.19. The highest BCUT2D eigenvalue weighted by atomic mass is 31.2. The largest absolute Gasteiger partial charge is 0.393 e. The van der Waals surface area contributed by atoms with E-state index in [0.29, 0.717) is 12.8 Å². The van der Waals surface area contributed by atoms with Crippen LogP contribution in [-0.2, 0) is 4.57 Å². The molecule has 62 valence electrons. The molecule has 0 amide bonds. The van der Waals surface area contributed by atoms with Gasteiger partial charge >= 0.3 is 0 Å². The summed E-state index contributed by atoms with van der Waals surface area (Å²) in [4.78, 5) is 0. The maximum atomic E-state index is 11.9. The van der Waals surface area contributed by atoms with Gasteiger partial charge in [-0.2, -0.15) is 0 Å². The first-order valence-corrected chi connectivity index (χ1v) is 6.33. The second kappa shape index (κ2) is 2.21. The van der Waals surface area contributed by atoms with E-state index in [9.17, 15) is 9.67 Å². The van der Waals surface area contributed by atoms with Crippen molar-refractivity contribution in [3.8, 4) is 0 Å². The molecule has 2 rings (SSSR count). The number of allylic oxidation sites excluding steroid dienone is 2. The van der Waals surface area contributed by atoms with Crippen LogP contribution in [0.2, 0.25) is 0 Å². The lowest BCUT2D eigenvalue weighted by Gasteiger charge is -2.30. The normalized spacial score (nSPS) is 54.9. The van der Waals surface area contributed by atoms with E-state index in [0.717, 1.165) is 0 Å². The predicted octanol–water partition coefficient (Wildman–Crippen LogP) is 1.44. The Morgan fingerprint density at radius 1 is 1.36 bits per heavy atom. The van der Waals surface area contributed by atoms with Crippen LogP contribution in [0.15, 0.2) is 12.2 Å². The lowest BCUT2D eigenvalue weighted by molar-refractivity contribution is 0.154. The van der Waals surface area contributed by atoms with Gasteiger partial charge in [-0.25, -0.2) is 0 Å². The molecule has 2 aliphatic heterocycles. The molecule has 1 fully saturated rings. The van der Waals surface area contributed by atoms with E-state index >= 15 is 0 Å². The molecule has 3 heteroatoms. The smallest absolute Gasteiger partial charge is 0.0980 e. The van der Waals surface area contributed by atoms with Crippen LogP contribution in [0.1, 0.15) is 12.8 Å². The molecule has 0 saturated carbocycles. The van der Waals surface area contributed by atoms with E-state index in [2.05, 4.69) is 0 Å². The Balaban J connectivity index is 2.31. The van der Waals surface area contributed by atoms with Crippen molar-refractivity contribution in [2.45, 2.75) is 30.3 Å². The van der Waals surface area contributed by atoms with Crippen LogP contribution in [0, 0.1) is 0 Å². The molecule has 1 N–H and O–H groups in total. The van der Waals surface area contributed by atoms with Crippen molar-refractivity contribution in [3.05, 3.63) is 12.2 Å². The van der Waals surface area contributed by atoms with E-state index in [1.54, 1.807) is 0 Å². The molecular formula is C8H13O2P. The molecule has 2 nitrogen and oxygen atoms in total. The summed E-state index contributed by atoms with van der Waals surface area (Å²) in [5.74, 6) is 0. The second-order valence-electron chi connectivity index (χ2n) is 3.70. The van der Waals surface area contributed by atoms with Crippen LogP contribution in [0.25, 0.3) is 0 Å².